The number of hydrogen-bond donors (Lipinski definition) is 2. The van der Waals surface area contributed by atoms with Crippen molar-refractivity contribution in [2.24, 2.45) is 11.8 Å². The average Bonchev–Trinajstić information content (AvgIpc) is 3.16. The van der Waals surface area contributed by atoms with Crippen molar-refractivity contribution in [3.05, 3.63) is 22.4 Å². The van der Waals surface area contributed by atoms with E-state index in [4.69, 9.17) is 0 Å². The highest BCUT2D eigenvalue weighted by atomic mass is 32.1. The zero-order valence-corrected chi connectivity index (χ0v) is 16.1. The number of hydrogen-bond acceptors (Lipinski definition) is 4. The van der Waals surface area contributed by atoms with Gasteiger partial charge in [0.05, 0.1) is 6.04 Å². The molecule has 1 aromatic heterocycles. The first-order valence-corrected chi connectivity index (χ1v) is 10.9. The van der Waals surface area contributed by atoms with Crippen LogP contribution in [-0.2, 0) is 16.0 Å². The van der Waals surface area contributed by atoms with Crippen LogP contribution in [0.4, 0.5) is 0 Å². The predicted molar refractivity (Wildman–Crippen MR) is 103 cm³/mol. The molecule has 26 heavy (non-hydrogen) atoms. The van der Waals surface area contributed by atoms with Gasteiger partial charge < -0.3 is 15.5 Å². The number of piperidine rings is 3. The predicted octanol–water partition coefficient (Wildman–Crippen LogP) is 2.18. The number of nitrogens with one attached hydrogen (secondary N) is 2. The first-order chi connectivity index (χ1) is 12.7. The van der Waals surface area contributed by atoms with Gasteiger partial charge in [-0.15, -0.1) is 11.3 Å². The van der Waals surface area contributed by atoms with Gasteiger partial charge in [0.15, 0.2) is 0 Å². The van der Waals surface area contributed by atoms with Crippen molar-refractivity contribution < 1.29 is 9.59 Å². The van der Waals surface area contributed by atoms with E-state index < -0.39 is 0 Å². The van der Waals surface area contributed by atoms with Gasteiger partial charge in [0.1, 0.15) is 0 Å². The van der Waals surface area contributed by atoms with E-state index >= 15 is 0 Å². The standard InChI is InChI=1S/C20H29N3O2S/c24-19(7-1-4-16-5-3-9-26-16)22-13-18-15-10-14(11-21-12-15)17-6-2-8-20(25)23(17)18/h3,5,9,14-15,17-18,21H,1-2,4,6-8,10-13H2,(H,22,24)/t14-,15-,17-,18-/m0/s1. The minimum atomic E-state index is 0.119. The SMILES string of the molecule is O=C(CCCc1cccs1)NC[C@H]1[C@@H]2CNC[C@H](C2)[C@@H]2CCCC(=O)N21. The highest BCUT2D eigenvalue weighted by Crippen LogP contribution is 2.39. The van der Waals surface area contributed by atoms with Crippen LogP contribution in [0.3, 0.4) is 0 Å². The molecule has 0 aromatic carbocycles. The van der Waals surface area contributed by atoms with Gasteiger partial charge in [-0.2, -0.15) is 0 Å². The lowest BCUT2D eigenvalue weighted by Crippen LogP contribution is -2.66. The number of fused-ring (bicyclic) bond motifs is 4. The molecule has 0 radical (unpaired) electrons. The second-order valence-corrected chi connectivity index (χ2v) is 9.01. The van der Waals surface area contributed by atoms with Crippen molar-refractivity contribution in [2.75, 3.05) is 19.6 Å². The van der Waals surface area contributed by atoms with E-state index in [1.807, 2.05) is 0 Å². The van der Waals surface area contributed by atoms with Crippen LogP contribution in [0.5, 0.6) is 0 Å². The van der Waals surface area contributed by atoms with E-state index in [2.05, 4.69) is 33.0 Å². The normalized spacial score (nSPS) is 30.8. The van der Waals surface area contributed by atoms with Crippen molar-refractivity contribution in [3.8, 4) is 0 Å². The first kappa shape index (κ1) is 18.0. The highest BCUT2D eigenvalue weighted by molar-refractivity contribution is 7.09. The molecule has 0 saturated carbocycles. The molecule has 2 bridgehead atoms. The Morgan fingerprint density at radius 1 is 1.35 bits per heavy atom. The summed E-state index contributed by atoms with van der Waals surface area (Å²) in [5.74, 6) is 1.48. The van der Waals surface area contributed by atoms with Crippen molar-refractivity contribution in [2.45, 2.75) is 57.0 Å². The summed E-state index contributed by atoms with van der Waals surface area (Å²) in [6.07, 6.45) is 6.42. The number of nitrogens with zero attached hydrogens (tertiary/aromatic N) is 1. The maximum atomic E-state index is 12.6. The summed E-state index contributed by atoms with van der Waals surface area (Å²) in [7, 11) is 0. The topological polar surface area (TPSA) is 61.4 Å². The lowest BCUT2D eigenvalue weighted by molar-refractivity contribution is -0.149. The zero-order chi connectivity index (χ0) is 17.9. The third-order valence-corrected chi connectivity index (χ3v) is 7.25. The van der Waals surface area contributed by atoms with Crippen LogP contribution in [-0.4, -0.2) is 48.4 Å². The Morgan fingerprint density at radius 2 is 2.23 bits per heavy atom. The molecule has 4 atom stereocenters. The molecule has 0 spiro atoms. The lowest BCUT2D eigenvalue weighted by atomic mass is 9.72. The van der Waals surface area contributed by atoms with Crippen molar-refractivity contribution in [1.29, 1.82) is 0 Å². The van der Waals surface area contributed by atoms with E-state index in [0.29, 0.717) is 43.2 Å². The van der Waals surface area contributed by atoms with Crippen LogP contribution < -0.4 is 10.6 Å². The summed E-state index contributed by atoms with van der Waals surface area (Å²) in [4.78, 5) is 28.4. The molecule has 2 amide bonds. The minimum Gasteiger partial charge on any atom is -0.354 e. The third kappa shape index (κ3) is 3.81. The summed E-state index contributed by atoms with van der Waals surface area (Å²) in [6, 6.07) is 4.72. The Hall–Kier alpha value is -1.40. The van der Waals surface area contributed by atoms with E-state index in [0.717, 1.165) is 38.8 Å². The molecule has 3 aliphatic rings. The number of carbonyl (C=O) groups excluding carboxylic acids is 2. The Kier molecular flexibility index (Phi) is 5.60. The van der Waals surface area contributed by atoms with Crippen molar-refractivity contribution in [3.63, 3.8) is 0 Å². The van der Waals surface area contributed by atoms with Crippen LogP contribution in [0.15, 0.2) is 17.5 Å². The summed E-state index contributed by atoms with van der Waals surface area (Å²) in [6.45, 7) is 2.61. The Balaban J connectivity index is 1.32. The summed E-state index contributed by atoms with van der Waals surface area (Å²) < 4.78 is 0. The fourth-order valence-corrected chi connectivity index (χ4v) is 5.83. The second-order valence-electron chi connectivity index (χ2n) is 7.98. The lowest BCUT2D eigenvalue weighted by Gasteiger charge is -2.54. The molecule has 1 aromatic rings. The van der Waals surface area contributed by atoms with E-state index in [1.54, 1.807) is 11.3 Å². The van der Waals surface area contributed by atoms with E-state index in [-0.39, 0.29) is 11.9 Å². The fourth-order valence-electron chi connectivity index (χ4n) is 5.08. The number of carbonyl (C=O) groups is 2. The number of amides is 2. The average molecular weight is 376 g/mol. The molecular formula is C20H29N3O2S. The van der Waals surface area contributed by atoms with E-state index in [9.17, 15) is 9.59 Å². The zero-order valence-electron chi connectivity index (χ0n) is 15.3. The fraction of sp³-hybridized carbons (Fsp3) is 0.700. The van der Waals surface area contributed by atoms with Gasteiger partial charge in [0.2, 0.25) is 11.8 Å². The quantitative estimate of drug-likeness (QED) is 0.801. The van der Waals surface area contributed by atoms with Gasteiger partial charge in [-0.05, 0) is 61.9 Å². The summed E-state index contributed by atoms with van der Waals surface area (Å²) in [5, 5.41) is 8.76. The van der Waals surface area contributed by atoms with Gasteiger partial charge in [0, 0.05) is 36.9 Å². The second kappa shape index (κ2) is 8.09. The molecular weight excluding hydrogens is 346 g/mol. The van der Waals surface area contributed by atoms with Crippen molar-refractivity contribution >= 4 is 23.2 Å². The Labute approximate surface area is 159 Å². The summed E-state index contributed by atoms with van der Waals surface area (Å²) >= 11 is 1.75. The van der Waals surface area contributed by atoms with E-state index in [1.165, 1.54) is 11.3 Å². The number of thiophene rings is 1. The summed E-state index contributed by atoms with van der Waals surface area (Å²) in [5.41, 5.74) is 0. The Morgan fingerprint density at radius 3 is 3.08 bits per heavy atom. The molecule has 5 nitrogen and oxygen atoms in total. The first-order valence-electron chi connectivity index (χ1n) is 10.0. The smallest absolute Gasteiger partial charge is 0.223 e. The van der Waals surface area contributed by atoms with Crippen molar-refractivity contribution in [1.82, 2.24) is 15.5 Å². The molecule has 4 heterocycles. The number of aryl methyl sites for hydroxylation is 1. The molecule has 0 aliphatic carbocycles. The molecule has 6 heteroatoms. The van der Waals surface area contributed by atoms with Crippen LogP contribution in [0.2, 0.25) is 0 Å². The van der Waals surface area contributed by atoms with Crippen LogP contribution in [0.1, 0.15) is 43.4 Å². The van der Waals surface area contributed by atoms with Gasteiger partial charge in [0.25, 0.3) is 0 Å². The minimum absolute atomic E-state index is 0.119. The maximum Gasteiger partial charge on any atom is 0.223 e. The van der Waals surface area contributed by atoms with Gasteiger partial charge in [-0.3, -0.25) is 9.59 Å². The highest BCUT2D eigenvalue weighted by Gasteiger charge is 2.47. The van der Waals surface area contributed by atoms with Crippen LogP contribution in [0, 0.1) is 11.8 Å². The molecule has 3 aliphatic heterocycles. The maximum absolute atomic E-state index is 12.6. The van der Waals surface area contributed by atoms with Crippen LogP contribution >= 0.6 is 11.3 Å². The molecule has 4 rings (SSSR count). The van der Waals surface area contributed by atoms with Gasteiger partial charge in [-0.1, -0.05) is 6.07 Å². The third-order valence-electron chi connectivity index (χ3n) is 6.32. The molecule has 3 fully saturated rings. The molecule has 142 valence electrons. The molecule has 0 unspecified atom stereocenters. The molecule has 3 saturated heterocycles. The Bertz CT molecular complexity index is 633. The van der Waals surface area contributed by atoms with Gasteiger partial charge >= 0.3 is 0 Å². The van der Waals surface area contributed by atoms with Gasteiger partial charge in [-0.25, -0.2) is 0 Å². The monoisotopic (exact) mass is 375 g/mol. The molecule has 2 N–H and O–H groups in total. The largest absolute Gasteiger partial charge is 0.354 e. The number of rotatable bonds is 6. The van der Waals surface area contributed by atoms with Crippen LogP contribution in [0.25, 0.3) is 0 Å².